The van der Waals surface area contributed by atoms with Crippen LogP contribution < -0.4 is 11.3 Å². The number of carbonyl (C=O) groups excluding carboxylic acids is 1. The molecule has 110 valence electrons. The van der Waals surface area contributed by atoms with Gasteiger partial charge < -0.3 is 0 Å². The Kier molecular flexibility index (Phi) is 4.28. The molecule has 1 aliphatic rings. The fourth-order valence-electron chi connectivity index (χ4n) is 2.35. The van der Waals surface area contributed by atoms with Gasteiger partial charge in [0.2, 0.25) is 0 Å². The molecule has 0 unspecified atom stereocenters. The molecule has 2 aromatic heterocycles. The van der Waals surface area contributed by atoms with Crippen LogP contribution in [0.25, 0.3) is 0 Å². The summed E-state index contributed by atoms with van der Waals surface area (Å²) in [6, 6.07) is 8.27. The first-order valence-corrected chi connectivity index (χ1v) is 7.92. The molecule has 6 heteroatoms. The van der Waals surface area contributed by atoms with E-state index in [1.807, 2.05) is 12.1 Å². The van der Waals surface area contributed by atoms with Gasteiger partial charge in [-0.3, -0.25) is 15.1 Å². The Balaban J connectivity index is 1.72. The number of hydrogen-bond acceptors (Lipinski definition) is 5. The molecule has 3 N–H and O–H groups in total. The van der Waals surface area contributed by atoms with Crippen LogP contribution in [0.5, 0.6) is 0 Å². The summed E-state index contributed by atoms with van der Waals surface area (Å²) in [4.78, 5) is 18.4. The summed E-state index contributed by atoms with van der Waals surface area (Å²) in [5.41, 5.74) is 4.72. The highest BCUT2D eigenvalue weighted by Gasteiger charge is 2.29. The number of aromatic nitrogens is 1. The molecular weight excluding hydrogens is 284 g/mol. The van der Waals surface area contributed by atoms with Gasteiger partial charge in [0, 0.05) is 19.1 Å². The number of nitrogen functional groups attached to an aromatic ring is 1. The third-order valence-corrected chi connectivity index (χ3v) is 4.30. The second-order valence-electron chi connectivity index (χ2n) is 5.26. The predicted octanol–water partition coefficient (Wildman–Crippen LogP) is 1.91. The molecular formula is C15H18N4OS. The number of hydrazine groups is 1. The minimum absolute atomic E-state index is 0.354. The van der Waals surface area contributed by atoms with E-state index in [-0.39, 0.29) is 5.91 Å². The zero-order chi connectivity index (χ0) is 14.7. The third-order valence-electron chi connectivity index (χ3n) is 3.56. The molecule has 0 bridgehead atoms. The van der Waals surface area contributed by atoms with Crippen molar-refractivity contribution in [1.29, 1.82) is 0 Å². The maximum Gasteiger partial charge on any atom is 0.283 e. The number of hydrogen-bond donors (Lipinski definition) is 2. The van der Waals surface area contributed by atoms with Crippen LogP contribution in [0.2, 0.25) is 0 Å². The van der Waals surface area contributed by atoms with Gasteiger partial charge >= 0.3 is 0 Å². The summed E-state index contributed by atoms with van der Waals surface area (Å²) in [5.74, 6) is 4.80. The quantitative estimate of drug-likeness (QED) is 0.486. The number of amides is 1. The van der Waals surface area contributed by atoms with Gasteiger partial charge in [-0.05, 0) is 47.4 Å². The first-order chi connectivity index (χ1) is 10.3. The number of nitrogens with one attached hydrogen (secondary N) is 1. The zero-order valence-electron chi connectivity index (χ0n) is 11.7. The standard InChI is InChI=1S/C15H18N4OS/c16-18-15(20)14-3-1-2-12(17-14)9-19(13-4-5-13)8-11-6-7-21-10-11/h1-3,6-7,10,13H,4-5,8-9,16H2,(H,18,20). The molecule has 1 saturated carbocycles. The maximum atomic E-state index is 11.5. The van der Waals surface area contributed by atoms with E-state index in [2.05, 4.69) is 32.1 Å². The topological polar surface area (TPSA) is 71.2 Å². The molecule has 0 spiro atoms. The molecule has 5 nitrogen and oxygen atoms in total. The van der Waals surface area contributed by atoms with E-state index in [1.165, 1.54) is 18.4 Å². The van der Waals surface area contributed by atoms with Crippen molar-refractivity contribution in [3.8, 4) is 0 Å². The van der Waals surface area contributed by atoms with Gasteiger partial charge in [-0.2, -0.15) is 11.3 Å². The van der Waals surface area contributed by atoms with E-state index in [4.69, 9.17) is 5.84 Å². The first-order valence-electron chi connectivity index (χ1n) is 6.98. The van der Waals surface area contributed by atoms with Crippen LogP contribution in [0.3, 0.4) is 0 Å². The minimum atomic E-state index is -0.354. The van der Waals surface area contributed by atoms with Gasteiger partial charge in [0.1, 0.15) is 5.69 Å². The lowest BCUT2D eigenvalue weighted by atomic mass is 10.2. The Labute approximate surface area is 127 Å². The lowest BCUT2D eigenvalue weighted by Crippen LogP contribution is -2.31. The monoisotopic (exact) mass is 302 g/mol. The number of pyridine rings is 1. The maximum absolute atomic E-state index is 11.5. The van der Waals surface area contributed by atoms with Crippen molar-refractivity contribution in [3.05, 3.63) is 52.0 Å². The highest BCUT2D eigenvalue weighted by atomic mass is 32.1. The Bertz CT molecular complexity index is 610. The number of rotatable bonds is 6. The molecule has 3 rings (SSSR count). The van der Waals surface area contributed by atoms with Gasteiger partial charge in [-0.1, -0.05) is 6.07 Å². The molecule has 0 aromatic carbocycles. The lowest BCUT2D eigenvalue weighted by Gasteiger charge is -2.21. The second-order valence-corrected chi connectivity index (χ2v) is 6.04. The van der Waals surface area contributed by atoms with E-state index >= 15 is 0 Å². The van der Waals surface area contributed by atoms with Crippen molar-refractivity contribution in [2.45, 2.75) is 32.0 Å². The predicted molar refractivity (Wildman–Crippen MR) is 82.5 cm³/mol. The molecule has 0 radical (unpaired) electrons. The fraction of sp³-hybridized carbons (Fsp3) is 0.333. The van der Waals surface area contributed by atoms with Crippen LogP contribution in [0, 0.1) is 0 Å². The van der Waals surface area contributed by atoms with Crippen LogP contribution in [-0.2, 0) is 13.1 Å². The van der Waals surface area contributed by atoms with Crippen molar-refractivity contribution in [1.82, 2.24) is 15.3 Å². The smallest absolute Gasteiger partial charge is 0.283 e. The Morgan fingerprint density at radius 1 is 1.38 bits per heavy atom. The highest BCUT2D eigenvalue weighted by molar-refractivity contribution is 7.07. The van der Waals surface area contributed by atoms with Crippen LogP contribution in [-0.4, -0.2) is 21.8 Å². The normalized spacial score (nSPS) is 14.4. The number of nitrogens with two attached hydrogens (primary N) is 1. The van der Waals surface area contributed by atoms with E-state index in [9.17, 15) is 4.79 Å². The molecule has 1 aliphatic carbocycles. The molecule has 2 aromatic rings. The molecule has 1 amide bonds. The zero-order valence-corrected chi connectivity index (χ0v) is 12.5. The average molecular weight is 302 g/mol. The van der Waals surface area contributed by atoms with Crippen molar-refractivity contribution in [3.63, 3.8) is 0 Å². The van der Waals surface area contributed by atoms with Gasteiger partial charge in [0.15, 0.2) is 0 Å². The first kappa shape index (κ1) is 14.2. The van der Waals surface area contributed by atoms with Crippen molar-refractivity contribution in [2.24, 2.45) is 5.84 Å². The van der Waals surface area contributed by atoms with Crippen molar-refractivity contribution >= 4 is 17.2 Å². The van der Waals surface area contributed by atoms with Crippen LogP contribution in [0.1, 0.15) is 34.6 Å². The van der Waals surface area contributed by atoms with Gasteiger partial charge in [-0.15, -0.1) is 0 Å². The third kappa shape index (κ3) is 3.66. The van der Waals surface area contributed by atoms with Crippen LogP contribution in [0.4, 0.5) is 0 Å². The van der Waals surface area contributed by atoms with Gasteiger partial charge in [-0.25, -0.2) is 10.8 Å². The Hall–Kier alpha value is -1.76. The summed E-state index contributed by atoms with van der Waals surface area (Å²) < 4.78 is 0. The van der Waals surface area contributed by atoms with Crippen LogP contribution >= 0.6 is 11.3 Å². The van der Waals surface area contributed by atoms with E-state index in [1.54, 1.807) is 17.4 Å². The molecule has 21 heavy (non-hydrogen) atoms. The van der Waals surface area contributed by atoms with Crippen molar-refractivity contribution in [2.75, 3.05) is 0 Å². The number of thiophene rings is 1. The van der Waals surface area contributed by atoms with E-state index in [0.717, 1.165) is 18.8 Å². The second kappa shape index (κ2) is 6.34. The minimum Gasteiger partial charge on any atom is -0.290 e. The summed E-state index contributed by atoms with van der Waals surface area (Å²) in [5, 5.41) is 4.28. The molecule has 1 fully saturated rings. The van der Waals surface area contributed by atoms with E-state index in [0.29, 0.717) is 11.7 Å². The summed E-state index contributed by atoms with van der Waals surface area (Å²) in [6.07, 6.45) is 2.49. The largest absolute Gasteiger partial charge is 0.290 e. The summed E-state index contributed by atoms with van der Waals surface area (Å²) in [6.45, 7) is 1.69. The number of carbonyl (C=O) groups is 1. The van der Waals surface area contributed by atoms with Crippen molar-refractivity contribution < 1.29 is 4.79 Å². The Morgan fingerprint density at radius 2 is 2.24 bits per heavy atom. The number of nitrogens with zero attached hydrogens (tertiary/aromatic N) is 2. The van der Waals surface area contributed by atoms with E-state index < -0.39 is 0 Å². The lowest BCUT2D eigenvalue weighted by molar-refractivity contribution is 0.0948. The molecule has 0 saturated heterocycles. The summed E-state index contributed by atoms with van der Waals surface area (Å²) in [7, 11) is 0. The molecule has 0 atom stereocenters. The highest BCUT2D eigenvalue weighted by Crippen LogP contribution is 2.29. The Morgan fingerprint density at radius 3 is 2.90 bits per heavy atom. The van der Waals surface area contributed by atoms with Gasteiger partial charge in [0.05, 0.1) is 5.69 Å². The fourth-order valence-corrected chi connectivity index (χ4v) is 3.01. The average Bonchev–Trinajstić information content (AvgIpc) is 3.24. The summed E-state index contributed by atoms with van der Waals surface area (Å²) >= 11 is 1.72. The van der Waals surface area contributed by atoms with Crippen LogP contribution in [0.15, 0.2) is 35.0 Å². The van der Waals surface area contributed by atoms with Gasteiger partial charge in [0.25, 0.3) is 5.91 Å². The molecule has 2 heterocycles. The molecule has 0 aliphatic heterocycles. The SMILES string of the molecule is NNC(=O)c1cccc(CN(Cc2ccsc2)C2CC2)n1.